The molecule has 1 atom stereocenters. The van der Waals surface area contributed by atoms with E-state index >= 15 is 0 Å². The third-order valence-electron chi connectivity index (χ3n) is 5.98. The number of hydrogen-bond acceptors (Lipinski definition) is 8. The molecule has 0 saturated carbocycles. The largest absolute Gasteiger partial charge is 0.416 e. The van der Waals surface area contributed by atoms with Crippen molar-refractivity contribution in [3.8, 4) is 0 Å². The highest BCUT2D eigenvalue weighted by molar-refractivity contribution is 6.32. The van der Waals surface area contributed by atoms with E-state index < -0.39 is 11.7 Å². The quantitative estimate of drug-likeness (QED) is 0.350. The molecule has 1 saturated heterocycles. The van der Waals surface area contributed by atoms with Crippen LogP contribution >= 0.6 is 11.6 Å². The Balaban J connectivity index is 1.63. The fourth-order valence-corrected chi connectivity index (χ4v) is 4.40. The van der Waals surface area contributed by atoms with Crippen LogP contribution in [0.3, 0.4) is 0 Å². The van der Waals surface area contributed by atoms with E-state index in [0.29, 0.717) is 55.3 Å². The minimum Gasteiger partial charge on any atom is -0.352 e. The summed E-state index contributed by atoms with van der Waals surface area (Å²) in [4.78, 5) is 24.4. The van der Waals surface area contributed by atoms with Crippen molar-refractivity contribution >= 4 is 41.0 Å². The van der Waals surface area contributed by atoms with Crippen LogP contribution in [-0.4, -0.2) is 58.7 Å². The molecule has 0 aliphatic carbocycles. The number of piperazine rings is 1. The third kappa shape index (κ3) is 6.34. The molecule has 38 heavy (non-hydrogen) atoms. The van der Waals surface area contributed by atoms with Crippen molar-refractivity contribution in [3.05, 3.63) is 78.5 Å². The number of alkyl halides is 3. The van der Waals surface area contributed by atoms with Crippen molar-refractivity contribution in [1.29, 1.82) is 0 Å². The monoisotopic (exact) mass is 544 g/mol. The van der Waals surface area contributed by atoms with Crippen LogP contribution in [0.4, 0.5) is 42.5 Å². The van der Waals surface area contributed by atoms with Crippen molar-refractivity contribution in [1.82, 2.24) is 19.9 Å². The van der Waals surface area contributed by atoms with Gasteiger partial charge < -0.3 is 20.0 Å². The second-order valence-electron chi connectivity index (χ2n) is 8.74. The lowest BCUT2D eigenvalue weighted by Crippen LogP contribution is -2.53. The molecular weight excluding hydrogens is 517 g/mol. The van der Waals surface area contributed by atoms with Crippen LogP contribution in [0.1, 0.15) is 12.5 Å². The number of pyridine rings is 1. The van der Waals surface area contributed by atoms with Gasteiger partial charge in [-0.3, -0.25) is 0 Å². The number of aromatic nitrogens is 4. The second-order valence-corrected chi connectivity index (χ2v) is 9.15. The lowest BCUT2D eigenvalue weighted by atomic mass is 10.2. The molecule has 200 valence electrons. The summed E-state index contributed by atoms with van der Waals surface area (Å²) < 4.78 is 39.0. The normalized spacial score (nSPS) is 15.8. The second kappa shape index (κ2) is 11.7. The standard InChI is InChI=1S/C26H28ClF3N8/c1-4-13-36(14-5-2)24-33-23(32-20-10-8-19(9-11-20)26(28,29)30)34-25(35-24)38-16-15-37(17-18(38)3)22-21(27)7-6-12-31-22/h4-12,18H,1-2,13-17H2,3H3,(H,32,33,34,35). The van der Waals surface area contributed by atoms with Crippen LogP contribution in [0.5, 0.6) is 0 Å². The minimum atomic E-state index is -4.42. The number of nitrogens with zero attached hydrogens (tertiary/aromatic N) is 7. The van der Waals surface area contributed by atoms with Crippen molar-refractivity contribution in [2.24, 2.45) is 0 Å². The molecule has 2 aromatic heterocycles. The number of halogens is 4. The zero-order valence-electron chi connectivity index (χ0n) is 20.9. The molecular formula is C26H28ClF3N8. The number of rotatable bonds is 9. The molecule has 1 aliphatic heterocycles. The molecule has 3 aromatic rings. The summed E-state index contributed by atoms with van der Waals surface area (Å²) >= 11 is 6.36. The van der Waals surface area contributed by atoms with Crippen LogP contribution in [-0.2, 0) is 6.18 Å². The maximum atomic E-state index is 13.0. The van der Waals surface area contributed by atoms with E-state index in [1.165, 1.54) is 12.1 Å². The number of nitrogens with one attached hydrogen (secondary N) is 1. The number of anilines is 5. The van der Waals surface area contributed by atoms with E-state index in [-0.39, 0.29) is 12.0 Å². The summed E-state index contributed by atoms with van der Waals surface area (Å²) in [5.74, 6) is 1.78. The first-order valence-electron chi connectivity index (χ1n) is 12.0. The van der Waals surface area contributed by atoms with Gasteiger partial charge in [-0.25, -0.2) is 4.98 Å². The van der Waals surface area contributed by atoms with Crippen LogP contribution in [0.25, 0.3) is 0 Å². The molecule has 3 heterocycles. The van der Waals surface area contributed by atoms with Gasteiger partial charge in [-0.15, -0.1) is 13.2 Å². The highest BCUT2D eigenvalue weighted by atomic mass is 35.5. The SMILES string of the molecule is C=CCN(CC=C)c1nc(Nc2ccc(C(F)(F)F)cc2)nc(N2CCN(c3ncccc3Cl)CC2C)n1. The Bertz CT molecular complexity index is 1260. The molecule has 1 N–H and O–H groups in total. The Labute approximate surface area is 224 Å². The first-order valence-corrected chi connectivity index (χ1v) is 12.4. The average Bonchev–Trinajstić information content (AvgIpc) is 2.88. The van der Waals surface area contributed by atoms with E-state index in [9.17, 15) is 13.2 Å². The van der Waals surface area contributed by atoms with Gasteiger partial charge in [0, 0.05) is 50.6 Å². The Morgan fingerprint density at radius 2 is 1.79 bits per heavy atom. The lowest BCUT2D eigenvalue weighted by molar-refractivity contribution is -0.137. The summed E-state index contributed by atoms with van der Waals surface area (Å²) in [6.45, 7) is 12.5. The zero-order valence-corrected chi connectivity index (χ0v) is 21.6. The van der Waals surface area contributed by atoms with Gasteiger partial charge in [0.1, 0.15) is 5.82 Å². The summed E-state index contributed by atoms with van der Waals surface area (Å²) in [7, 11) is 0. The molecule has 12 heteroatoms. The molecule has 4 rings (SSSR count). The van der Waals surface area contributed by atoms with Crippen LogP contribution in [0.2, 0.25) is 5.02 Å². The predicted molar refractivity (Wildman–Crippen MR) is 145 cm³/mol. The number of benzene rings is 1. The smallest absolute Gasteiger partial charge is 0.352 e. The highest BCUT2D eigenvalue weighted by Crippen LogP contribution is 2.31. The molecule has 0 spiro atoms. The Hall–Kier alpha value is -3.86. The topological polar surface area (TPSA) is 73.3 Å². The van der Waals surface area contributed by atoms with Gasteiger partial charge in [-0.2, -0.15) is 28.1 Å². The summed E-state index contributed by atoms with van der Waals surface area (Å²) in [5, 5.41) is 3.61. The minimum absolute atomic E-state index is 0.00301. The lowest BCUT2D eigenvalue weighted by Gasteiger charge is -2.40. The first kappa shape index (κ1) is 27.2. The number of hydrogen-bond donors (Lipinski definition) is 1. The van der Waals surface area contributed by atoms with Crippen LogP contribution in [0.15, 0.2) is 67.9 Å². The van der Waals surface area contributed by atoms with Crippen molar-refractivity contribution < 1.29 is 13.2 Å². The zero-order chi connectivity index (χ0) is 27.3. The van der Waals surface area contributed by atoms with Crippen molar-refractivity contribution in [2.45, 2.75) is 19.1 Å². The molecule has 1 unspecified atom stereocenters. The highest BCUT2D eigenvalue weighted by Gasteiger charge is 2.30. The van der Waals surface area contributed by atoms with E-state index in [1.54, 1.807) is 24.4 Å². The van der Waals surface area contributed by atoms with Crippen LogP contribution < -0.4 is 20.0 Å². The molecule has 0 radical (unpaired) electrons. The van der Waals surface area contributed by atoms with E-state index in [2.05, 4.69) is 50.2 Å². The van der Waals surface area contributed by atoms with Gasteiger partial charge in [0.2, 0.25) is 17.8 Å². The molecule has 1 fully saturated rings. The summed E-state index contributed by atoms with van der Waals surface area (Å²) in [6.07, 6.45) is 0.755. The van der Waals surface area contributed by atoms with Gasteiger partial charge in [-0.1, -0.05) is 23.8 Å². The maximum Gasteiger partial charge on any atom is 0.416 e. The van der Waals surface area contributed by atoms with Gasteiger partial charge in [0.05, 0.1) is 10.6 Å². The predicted octanol–water partition coefficient (Wildman–Crippen LogP) is 5.58. The molecule has 1 aromatic carbocycles. The summed E-state index contributed by atoms with van der Waals surface area (Å²) in [5.41, 5.74) is -0.314. The van der Waals surface area contributed by atoms with Gasteiger partial charge >= 0.3 is 6.18 Å². The first-order chi connectivity index (χ1) is 18.2. The maximum absolute atomic E-state index is 13.0. The third-order valence-corrected chi connectivity index (χ3v) is 6.28. The van der Waals surface area contributed by atoms with Gasteiger partial charge in [0.25, 0.3) is 0 Å². The Morgan fingerprint density at radius 1 is 1.08 bits per heavy atom. The Kier molecular flexibility index (Phi) is 8.35. The average molecular weight is 545 g/mol. The molecule has 0 bridgehead atoms. The van der Waals surface area contributed by atoms with E-state index in [0.717, 1.165) is 18.0 Å². The van der Waals surface area contributed by atoms with Crippen molar-refractivity contribution in [2.75, 3.05) is 52.7 Å². The Morgan fingerprint density at radius 3 is 2.39 bits per heavy atom. The van der Waals surface area contributed by atoms with Crippen LogP contribution in [0, 0.1) is 0 Å². The molecule has 1 aliphatic rings. The van der Waals surface area contributed by atoms with E-state index in [4.69, 9.17) is 16.6 Å². The van der Waals surface area contributed by atoms with Gasteiger partial charge in [0.15, 0.2) is 0 Å². The fraction of sp³-hybridized carbons (Fsp3) is 0.308. The molecule has 8 nitrogen and oxygen atoms in total. The van der Waals surface area contributed by atoms with Gasteiger partial charge in [-0.05, 0) is 43.3 Å². The molecule has 0 amide bonds. The summed E-state index contributed by atoms with van der Waals surface area (Å²) in [6, 6.07) is 8.31. The fourth-order valence-electron chi connectivity index (χ4n) is 4.16. The van der Waals surface area contributed by atoms with E-state index in [1.807, 2.05) is 11.0 Å². The van der Waals surface area contributed by atoms with Crippen molar-refractivity contribution in [3.63, 3.8) is 0 Å².